The molecular formula is C27H25N3O8. The van der Waals surface area contributed by atoms with Crippen molar-refractivity contribution in [3.63, 3.8) is 0 Å². The number of rotatable bonds is 7. The first-order valence-electron chi connectivity index (χ1n) is 11.4. The van der Waals surface area contributed by atoms with Gasteiger partial charge in [0, 0.05) is 5.69 Å². The lowest BCUT2D eigenvalue weighted by molar-refractivity contribution is -0.133. The van der Waals surface area contributed by atoms with E-state index in [4.69, 9.17) is 4.74 Å². The lowest BCUT2D eigenvalue weighted by Gasteiger charge is -2.22. The summed E-state index contributed by atoms with van der Waals surface area (Å²) in [6.07, 6.45) is 0. The van der Waals surface area contributed by atoms with Gasteiger partial charge >= 0.3 is 18.0 Å². The number of anilines is 1. The molecule has 4 rings (SSSR count). The topological polar surface area (TPSA) is 140 Å². The Labute approximate surface area is 217 Å². The molecule has 3 aromatic rings. The number of fused-ring (bicyclic) bond motifs is 1. The van der Waals surface area contributed by atoms with Crippen LogP contribution in [0.4, 0.5) is 10.5 Å². The largest absolute Gasteiger partial charge is 0.497 e. The second-order valence-corrected chi connectivity index (χ2v) is 8.70. The second-order valence-electron chi connectivity index (χ2n) is 8.70. The highest BCUT2D eigenvalue weighted by molar-refractivity contribution is 6.10. The molecular weight excluding hydrogens is 494 g/mol. The fraction of sp³-hybridized carbons (Fsp3) is 0.222. The van der Waals surface area contributed by atoms with Gasteiger partial charge in [0.1, 0.15) is 17.8 Å². The van der Waals surface area contributed by atoms with Gasteiger partial charge in [-0.3, -0.25) is 14.5 Å². The highest BCUT2D eigenvalue weighted by Crippen LogP contribution is 2.32. The van der Waals surface area contributed by atoms with Crippen molar-refractivity contribution in [2.75, 3.05) is 33.2 Å². The molecule has 2 N–H and O–H groups in total. The summed E-state index contributed by atoms with van der Waals surface area (Å²) in [7, 11) is 3.92. The Morgan fingerprint density at radius 2 is 1.47 bits per heavy atom. The Kier molecular flexibility index (Phi) is 7.02. The third-order valence-electron chi connectivity index (χ3n) is 6.26. The van der Waals surface area contributed by atoms with E-state index in [9.17, 15) is 24.0 Å². The summed E-state index contributed by atoms with van der Waals surface area (Å²) in [6, 6.07) is 14.0. The Hall–Kier alpha value is -4.93. The number of nitrogens with zero attached hydrogens (tertiary/aromatic N) is 1. The third kappa shape index (κ3) is 4.85. The van der Waals surface area contributed by atoms with E-state index >= 15 is 0 Å². The molecule has 196 valence electrons. The molecule has 38 heavy (non-hydrogen) atoms. The van der Waals surface area contributed by atoms with Crippen molar-refractivity contribution in [2.45, 2.75) is 12.5 Å². The van der Waals surface area contributed by atoms with Gasteiger partial charge in [-0.2, -0.15) is 0 Å². The number of benzene rings is 3. The van der Waals surface area contributed by atoms with Crippen LogP contribution in [0, 0.1) is 0 Å². The minimum Gasteiger partial charge on any atom is -0.497 e. The van der Waals surface area contributed by atoms with Crippen LogP contribution in [0.3, 0.4) is 0 Å². The number of urea groups is 1. The standard InChI is InChI=1S/C27H25N3O8/c1-27(19-7-5-16-13-21(36-2)8-6-15(16)10-19)25(34)30(26(35)29-27)14-22(31)28-20-11-17(23(32)37-3)9-18(12-20)24(33)38-4/h5-13H,14H2,1-4H3,(H,28,31)(H,29,35). The number of methoxy groups -OCH3 is 3. The predicted molar refractivity (Wildman–Crippen MR) is 136 cm³/mol. The summed E-state index contributed by atoms with van der Waals surface area (Å²) in [5.74, 6) is -2.10. The normalized spacial score (nSPS) is 16.7. The number of nitrogens with one attached hydrogen (secondary N) is 2. The zero-order valence-electron chi connectivity index (χ0n) is 21.1. The zero-order chi connectivity index (χ0) is 27.6. The van der Waals surface area contributed by atoms with Gasteiger partial charge in [-0.1, -0.05) is 18.2 Å². The first-order valence-corrected chi connectivity index (χ1v) is 11.4. The number of ether oxygens (including phenoxy) is 3. The van der Waals surface area contributed by atoms with Gasteiger partial charge in [0.25, 0.3) is 5.91 Å². The van der Waals surface area contributed by atoms with Gasteiger partial charge in [0.05, 0.1) is 32.5 Å². The van der Waals surface area contributed by atoms with Crippen LogP contribution in [0.2, 0.25) is 0 Å². The maximum Gasteiger partial charge on any atom is 0.337 e. The molecule has 1 atom stereocenters. The minimum atomic E-state index is -1.39. The molecule has 4 amide bonds. The lowest BCUT2D eigenvalue weighted by atomic mass is 9.90. The molecule has 1 unspecified atom stereocenters. The third-order valence-corrected chi connectivity index (χ3v) is 6.26. The number of imide groups is 1. The number of amides is 4. The van der Waals surface area contributed by atoms with Crippen LogP contribution in [0.25, 0.3) is 10.8 Å². The van der Waals surface area contributed by atoms with Crippen LogP contribution < -0.4 is 15.4 Å². The van der Waals surface area contributed by atoms with E-state index in [0.29, 0.717) is 11.3 Å². The summed E-state index contributed by atoms with van der Waals surface area (Å²) in [5, 5.41) is 6.92. The Morgan fingerprint density at radius 3 is 2.08 bits per heavy atom. The van der Waals surface area contributed by atoms with E-state index in [1.165, 1.54) is 32.4 Å². The zero-order valence-corrected chi connectivity index (χ0v) is 21.1. The van der Waals surface area contributed by atoms with E-state index < -0.39 is 41.9 Å². The molecule has 1 heterocycles. The quantitative estimate of drug-likeness (QED) is 0.359. The summed E-state index contributed by atoms with van der Waals surface area (Å²) in [5.41, 5.74) is -0.763. The Bertz CT molecular complexity index is 1450. The molecule has 3 aromatic carbocycles. The Balaban J connectivity index is 1.54. The first kappa shape index (κ1) is 26.1. The van der Waals surface area contributed by atoms with Crippen LogP contribution in [0.5, 0.6) is 5.75 Å². The highest BCUT2D eigenvalue weighted by atomic mass is 16.5. The van der Waals surface area contributed by atoms with Gasteiger partial charge in [-0.15, -0.1) is 0 Å². The van der Waals surface area contributed by atoms with Gasteiger partial charge in [0.2, 0.25) is 5.91 Å². The van der Waals surface area contributed by atoms with Crippen LogP contribution in [-0.4, -0.2) is 62.6 Å². The van der Waals surface area contributed by atoms with Crippen molar-refractivity contribution >= 4 is 46.2 Å². The Morgan fingerprint density at radius 1 is 0.868 bits per heavy atom. The maximum atomic E-state index is 13.3. The molecule has 1 aliphatic heterocycles. The van der Waals surface area contributed by atoms with Crippen molar-refractivity contribution in [3.05, 3.63) is 71.3 Å². The molecule has 0 bridgehead atoms. The smallest absolute Gasteiger partial charge is 0.337 e. The summed E-state index contributed by atoms with van der Waals surface area (Å²) in [4.78, 5) is 63.7. The molecule has 1 saturated heterocycles. The lowest BCUT2D eigenvalue weighted by Crippen LogP contribution is -2.42. The van der Waals surface area contributed by atoms with Gasteiger partial charge in [0.15, 0.2) is 0 Å². The maximum absolute atomic E-state index is 13.3. The molecule has 0 aliphatic carbocycles. The summed E-state index contributed by atoms with van der Waals surface area (Å²) in [6.45, 7) is 0.972. The van der Waals surface area contributed by atoms with E-state index in [0.717, 1.165) is 15.7 Å². The van der Waals surface area contributed by atoms with Crippen LogP contribution in [-0.2, 0) is 24.6 Å². The van der Waals surface area contributed by atoms with E-state index in [-0.39, 0.29) is 16.8 Å². The number of hydrogen-bond donors (Lipinski definition) is 2. The number of hydrogen-bond acceptors (Lipinski definition) is 8. The van der Waals surface area contributed by atoms with Crippen molar-refractivity contribution in [1.29, 1.82) is 0 Å². The van der Waals surface area contributed by atoms with E-state index in [1.54, 1.807) is 32.2 Å². The second kappa shape index (κ2) is 10.2. The molecule has 1 fully saturated rings. The fourth-order valence-electron chi connectivity index (χ4n) is 4.21. The molecule has 1 aliphatic rings. The predicted octanol–water partition coefficient (Wildman–Crippen LogP) is 2.83. The van der Waals surface area contributed by atoms with Crippen molar-refractivity contribution < 1.29 is 38.2 Å². The van der Waals surface area contributed by atoms with Gasteiger partial charge in [-0.25, -0.2) is 14.4 Å². The number of carbonyl (C=O) groups is 5. The van der Waals surface area contributed by atoms with Crippen molar-refractivity contribution in [3.8, 4) is 5.75 Å². The number of esters is 2. The number of carbonyl (C=O) groups excluding carboxylic acids is 5. The average molecular weight is 520 g/mol. The van der Waals surface area contributed by atoms with Crippen LogP contribution in [0.1, 0.15) is 33.2 Å². The van der Waals surface area contributed by atoms with Gasteiger partial charge < -0.3 is 24.8 Å². The average Bonchev–Trinajstić information content (AvgIpc) is 3.14. The molecule has 0 saturated carbocycles. The van der Waals surface area contributed by atoms with Crippen LogP contribution >= 0.6 is 0 Å². The van der Waals surface area contributed by atoms with Crippen molar-refractivity contribution in [2.24, 2.45) is 0 Å². The monoisotopic (exact) mass is 519 g/mol. The SMILES string of the molecule is COC(=O)c1cc(NC(=O)CN2C(=O)NC(C)(c3ccc4cc(OC)ccc4c3)C2=O)cc(C(=O)OC)c1. The van der Waals surface area contributed by atoms with Gasteiger partial charge in [-0.05, 0) is 59.7 Å². The summed E-state index contributed by atoms with van der Waals surface area (Å²) < 4.78 is 14.6. The molecule has 11 nitrogen and oxygen atoms in total. The summed E-state index contributed by atoms with van der Waals surface area (Å²) >= 11 is 0. The first-order chi connectivity index (χ1) is 18.1. The van der Waals surface area contributed by atoms with Crippen molar-refractivity contribution in [1.82, 2.24) is 10.2 Å². The van der Waals surface area contributed by atoms with Crippen LogP contribution in [0.15, 0.2) is 54.6 Å². The molecule has 0 aromatic heterocycles. The van der Waals surface area contributed by atoms with E-state index in [2.05, 4.69) is 20.1 Å². The molecule has 11 heteroatoms. The molecule has 0 spiro atoms. The minimum absolute atomic E-state index is 0.00203. The highest BCUT2D eigenvalue weighted by Gasteiger charge is 2.49. The van der Waals surface area contributed by atoms with E-state index in [1.807, 2.05) is 18.2 Å². The molecule has 0 radical (unpaired) electrons. The fourth-order valence-corrected chi connectivity index (χ4v) is 4.21.